The predicted molar refractivity (Wildman–Crippen MR) is 119 cm³/mol. The molecule has 4 aromatic rings. The Bertz CT molecular complexity index is 1170. The number of amides is 2. The zero-order chi connectivity index (χ0) is 20.9. The van der Waals surface area contributed by atoms with E-state index in [1.807, 2.05) is 12.1 Å². The van der Waals surface area contributed by atoms with E-state index in [0.29, 0.717) is 11.4 Å². The molecule has 0 bridgehead atoms. The van der Waals surface area contributed by atoms with Crippen LogP contribution in [-0.4, -0.2) is 29.7 Å². The third-order valence-electron chi connectivity index (χ3n) is 4.07. The minimum Gasteiger partial charge on any atom is -0.497 e. The third kappa shape index (κ3) is 4.81. The van der Waals surface area contributed by atoms with Gasteiger partial charge in [-0.05, 0) is 54.6 Å². The lowest BCUT2D eigenvalue weighted by Gasteiger charge is -2.05. The molecule has 0 aliphatic rings. The van der Waals surface area contributed by atoms with Crippen LogP contribution in [-0.2, 0) is 4.79 Å². The molecule has 0 aliphatic heterocycles. The van der Waals surface area contributed by atoms with Crippen molar-refractivity contribution in [3.63, 3.8) is 0 Å². The van der Waals surface area contributed by atoms with Gasteiger partial charge in [0.05, 0.1) is 29.3 Å². The quantitative estimate of drug-likeness (QED) is 0.399. The van der Waals surface area contributed by atoms with Gasteiger partial charge in [0.1, 0.15) is 5.75 Å². The van der Waals surface area contributed by atoms with Gasteiger partial charge < -0.3 is 19.8 Å². The van der Waals surface area contributed by atoms with Gasteiger partial charge in [-0.2, -0.15) is 0 Å². The number of furan rings is 1. The van der Waals surface area contributed by atoms with Crippen molar-refractivity contribution in [1.82, 2.24) is 4.98 Å². The summed E-state index contributed by atoms with van der Waals surface area (Å²) in [6, 6.07) is 15.9. The summed E-state index contributed by atoms with van der Waals surface area (Å²) < 4.78 is 11.9. The number of rotatable bonds is 7. The zero-order valence-corrected chi connectivity index (χ0v) is 17.5. The number of nitrogens with zero attached hydrogens (tertiary/aromatic N) is 1. The fraction of sp³-hybridized carbons (Fsp3) is 0.0952. The molecule has 0 atom stereocenters. The van der Waals surface area contributed by atoms with Crippen LogP contribution in [0.2, 0.25) is 0 Å². The zero-order valence-electron chi connectivity index (χ0n) is 15.9. The highest BCUT2D eigenvalue weighted by molar-refractivity contribution is 8.01. The van der Waals surface area contributed by atoms with Crippen LogP contribution < -0.4 is 15.4 Å². The molecule has 0 radical (unpaired) electrons. The normalized spacial score (nSPS) is 10.7. The number of anilines is 2. The maximum Gasteiger partial charge on any atom is 0.291 e. The molecule has 30 heavy (non-hydrogen) atoms. The van der Waals surface area contributed by atoms with Gasteiger partial charge in [-0.25, -0.2) is 4.98 Å². The predicted octanol–water partition coefficient (Wildman–Crippen LogP) is 4.88. The van der Waals surface area contributed by atoms with Crippen LogP contribution in [0.15, 0.2) is 69.6 Å². The number of ether oxygens (including phenoxy) is 1. The van der Waals surface area contributed by atoms with Gasteiger partial charge in [0, 0.05) is 11.4 Å². The maximum absolute atomic E-state index is 12.2. The van der Waals surface area contributed by atoms with Crippen molar-refractivity contribution >= 4 is 56.5 Å². The Balaban J connectivity index is 1.36. The minimum absolute atomic E-state index is 0.115. The second kappa shape index (κ2) is 9.02. The first-order valence-corrected chi connectivity index (χ1v) is 10.7. The molecule has 4 rings (SSSR count). The Labute approximate surface area is 180 Å². The van der Waals surface area contributed by atoms with Gasteiger partial charge in [-0.15, -0.1) is 11.3 Å². The highest BCUT2D eigenvalue weighted by Gasteiger charge is 2.12. The Morgan fingerprint density at radius 2 is 1.90 bits per heavy atom. The maximum atomic E-state index is 12.2. The van der Waals surface area contributed by atoms with Crippen molar-refractivity contribution in [2.75, 3.05) is 23.5 Å². The summed E-state index contributed by atoms with van der Waals surface area (Å²) in [7, 11) is 1.60. The molecular weight excluding hydrogens is 422 g/mol. The van der Waals surface area contributed by atoms with Crippen molar-refractivity contribution in [1.29, 1.82) is 0 Å². The molecule has 9 heteroatoms. The molecular formula is C21H17N3O4S2. The summed E-state index contributed by atoms with van der Waals surface area (Å²) >= 11 is 2.84. The number of fused-ring (bicyclic) bond motifs is 1. The number of hydrogen-bond donors (Lipinski definition) is 2. The van der Waals surface area contributed by atoms with Gasteiger partial charge in [0.25, 0.3) is 5.91 Å². The van der Waals surface area contributed by atoms with E-state index in [1.54, 1.807) is 49.6 Å². The molecule has 0 unspecified atom stereocenters. The molecule has 2 aromatic carbocycles. The number of carbonyl (C=O) groups excluding carboxylic acids is 2. The molecule has 2 heterocycles. The lowest BCUT2D eigenvalue weighted by molar-refractivity contribution is -0.113. The number of thiazole rings is 1. The summed E-state index contributed by atoms with van der Waals surface area (Å²) in [4.78, 5) is 28.8. The van der Waals surface area contributed by atoms with Gasteiger partial charge in [-0.3, -0.25) is 9.59 Å². The summed E-state index contributed by atoms with van der Waals surface area (Å²) in [6.07, 6.45) is 1.45. The number of nitrogens with one attached hydrogen (secondary N) is 2. The minimum atomic E-state index is -0.311. The average molecular weight is 440 g/mol. The van der Waals surface area contributed by atoms with Crippen molar-refractivity contribution in [2.24, 2.45) is 0 Å². The van der Waals surface area contributed by atoms with E-state index in [1.165, 1.54) is 29.4 Å². The van der Waals surface area contributed by atoms with Crippen LogP contribution in [0.25, 0.3) is 10.2 Å². The summed E-state index contributed by atoms with van der Waals surface area (Å²) in [5.41, 5.74) is 2.18. The second-order valence-electron chi connectivity index (χ2n) is 6.16. The van der Waals surface area contributed by atoms with E-state index >= 15 is 0 Å². The standard InChI is InChI=1S/C21H17N3O4S2/c1-27-15-7-4-13(5-8-15)22-19(25)12-29-21-24-16-9-6-14(11-18(16)30-21)23-20(26)17-3-2-10-28-17/h2-11H,12H2,1H3,(H,22,25)(H,23,26). The SMILES string of the molecule is COc1ccc(NC(=O)CSc2nc3ccc(NC(=O)c4ccco4)cc3s2)cc1. The summed E-state index contributed by atoms with van der Waals surface area (Å²) in [5.74, 6) is 0.799. The molecule has 0 spiro atoms. The Morgan fingerprint density at radius 1 is 1.10 bits per heavy atom. The number of thioether (sulfide) groups is 1. The van der Waals surface area contributed by atoms with Crippen LogP contribution >= 0.6 is 23.1 Å². The van der Waals surface area contributed by atoms with Gasteiger partial charge in [0.2, 0.25) is 5.91 Å². The Hall–Kier alpha value is -3.30. The molecule has 0 aliphatic carbocycles. The fourth-order valence-electron chi connectivity index (χ4n) is 2.64. The Morgan fingerprint density at radius 3 is 2.63 bits per heavy atom. The van der Waals surface area contributed by atoms with Crippen molar-refractivity contribution < 1.29 is 18.7 Å². The molecule has 152 valence electrons. The van der Waals surface area contributed by atoms with Crippen LogP contribution in [0.1, 0.15) is 10.6 Å². The monoisotopic (exact) mass is 439 g/mol. The number of aromatic nitrogens is 1. The number of carbonyl (C=O) groups is 2. The molecule has 7 nitrogen and oxygen atoms in total. The van der Waals surface area contributed by atoms with E-state index in [9.17, 15) is 9.59 Å². The third-order valence-corrected chi connectivity index (χ3v) is 6.23. The largest absolute Gasteiger partial charge is 0.497 e. The van der Waals surface area contributed by atoms with E-state index in [2.05, 4.69) is 15.6 Å². The molecule has 0 saturated carbocycles. The number of methoxy groups -OCH3 is 1. The molecule has 2 aromatic heterocycles. The topological polar surface area (TPSA) is 93.5 Å². The molecule has 2 N–H and O–H groups in total. The van der Waals surface area contributed by atoms with Gasteiger partial charge in [0.15, 0.2) is 10.1 Å². The van der Waals surface area contributed by atoms with Crippen LogP contribution in [0.5, 0.6) is 5.75 Å². The molecule has 0 fully saturated rings. The van der Waals surface area contributed by atoms with Crippen LogP contribution in [0, 0.1) is 0 Å². The smallest absolute Gasteiger partial charge is 0.291 e. The van der Waals surface area contributed by atoms with Gasteiger partial charge in [-0.1, -0.05) is 11.8 Å². The molecule has 2 amide bonds. The summed E-state index contributed by atoms with van der Waals surface area (Å²) in [5, 5.41) is 5.64. The van der Waals surface area contributed by atoms with E-state index in [-0.39, 0.29) is 23.3 Å². The molecule has 0 saturated heterocycles. The first-order valence-electron chi connectivity index (χ1n) is 8.93. The van der Waals surface area contributed by atoms with E-state index in [0.717, 1.165) is 20.3 Å². The van der Waals surface area contributed by atoms with Crippen LogP contribution in [0.3, 0.4) is 0 Å². The highest BCUT2D eigenvalue weighted by atomic mass is 32.2. The lowest BCUT2D eigenvalue weighted by atomic mass is 10.3. The van der Waals surface area contributed by atoms with Crippen molar-refractivity contribution in [3.8, 4) is 5.75 Å². The van der Waals surface area contributed by atoms with E-state index < -0.39 is 0 Å². The fourth-order valence-corrected chi connectivity index (χ4v) is 4.55. The van der Waals surface area contributed by atoms with E-state index in [4.69, 9.17) is 9.15 Å². The van der Waals surface area contributed by atoms with Gasteiger partial charge >= 0.3 is 0 Å². The number of hydrogen-bond acceptors (Lipinski definition) is 7. The lowest BCUT2D eigenvalue weighted by Crippen LogP contribution is -2.13. The second-order valence-corrected chi connectivity index (χ2v) is 8.41. The Kier molecular flexibility index (Phi) is 6.01. The summed E-state index contributed by atoms with van der Waals surface area (Å²) in [6.45, 7) is 0. The highest BCUT2D eigenvalue weighted by Crippen LogP contribution is 2.31. The average Bonchev–Trinajstić information content (AvgIpc) is 3.42. The number of benzene rings is 2. The van der Waals surface area contributed by atoms with Crippen LogP contribution in [0.4, 0.5) is 11.4 Å². The van der Waals surface area contributed by atoms with Crippen molar-refractivity contribution in [3.05, 3.63) is 66.6 Å². The first kappa shape index (κ1) is 20.0. The first-order chi connectivity index (χ1) is 14.6. The van der Waals surface area contributed by atoms with Crippen molar-refractivity contribution in [2.45, 2.75) is 4.34 Å².